The molecule has 1 aromatic carbocycles. The van der Waals surface area contributed by atoms with E-state index in [0.717, 1.165) is 14.2 Å². The van der Waals surface area contributed by atoms with Crippen LogP contribution in [0.3, 0.4) is 0 Å². The molecule has 0 fully saturated rings. The van der Waals surface area contributed by atoms with Crippen molar-refractivity contribution in [2.24, 2.45) is 0 Å². The van der Waals surface area contributed by atoms with Crippen molar-refractivity contribution in [3.8, 4) is 5.75 Å². The second-order valence-corrected chi connectivity index (χ2v) is 3.63. The van der Waals surface area contributed by atoms with Gasteiger partial charge in [-0.05, 0) is 41.6 Å². The maximum Gasteiger partial charge on any atom is 0.133 e. The summed E-state index contributed by atoms with van der Waals surface area (Å²) in [5.41, 5.74) is 0. The maximum atomic E-state index is 5.34. The molecule has 3 heteroatoms. The molecule has 0 bridgehead atoms. The summed E-state index contributed by atoms with van der Waals surface area (Å²) in [6.07, 6.45) is 0. The van der Waals surface area contributed by atoms with Gasteiger partial charge in [0.15, 0.2) is 0 Å². The molecule has 1 rings (SSSR count). The predicted octanol–water partition coefficient (Wildman–Crippen LogP) is 2.98. The Morgan fingerprint density at radius 3 is 2.91 bits per heavy atom. The number of rotatable bonds is 2. The molecule has 0 aliphatic heterocycles. The van der Waals surface area contributed by atoms with E-state index in [4.69, 9.17) is 4.74 Å². The predicted molar refractivity (Wildman–Crippen MR) is 57.6 cm³/mol. The first-order valence-electron chi connectivity index (χ1n) is 3.36. The standard InChI is InChI=1S/C8H9IOS/c1-2-10-7-5-3-4-6(9)8(7)11/h3-5,11H,2H2,1H3. The van der Waals surface area contributed by atoms with E-state index >= 15 is 0 Å². The van der Waals surface area contributed by atoms with Gasteiger partial charge in [0, 0.05) is 3.57 Å². The molecule has 0 unspecified atom stereocenters. The van der Waals surface area contributed by atoms with Crippen LogP contribution in [0.4, 0.5) is 0 Å². The lowest BCUT2D eigenvalue weighted by atomic mass is 10.3. The smallest absolute Gasteiger partial charge is 0.133 e. The van der Waals surface area contributed by atoms with Crippen molar-refractivity contribution in [2.45, 2.75) is 11.8 Å². The molecular formula is C8H9IOS. The van der Waals surface area contributed by atoms with Gasteiger partial charge >= 0.3 is 0 Å². The highest BCUT2D eigenvalue weighted by atomic mass is 127. The van der Waals surface area contributed by atoms with Crippen LogP contribution in [0.15, 0.2) is 23.1 Å². The van der Waals surface area contributed by atoms with Gasteiger partial charge in [0.2, 0.25) is 0 Å². The SMILES string of the molecule is CCOc1cccc(I)c1S. The summed E-state index contributed by atoms with van der Waals surface area (Å²) in [4.78, 5) is 0.926. The first-order valence-corrected chi connectivity index (χ1v) is 4.88. The van der Waals surface area contributed by atoms with Gasteiger partial charge in [-0.25, -0.2) is 0 Å². The Bertz CT molecular complexity index is 250. The molecule has 1 nitrogen and oxygen atoms in total. The van der Waals surface area contributed by atoms with Crippen molar-refractivity contribution in [3.05, 3.63) is 21.8 Å². The fraction of sp³-hybridized carbons (Fsp3) is 0.250. The third kappa shape index (κ3) is 2.27. The van der Waals surface area contributed by atoms with Gasteiger partial charge in [-0.15, -0.1) is 12.6 Å². The Morgan fingerprint density at radius 1 is 1.55 bits per heavy atom. The molecule has 0 radical (unpaired) electrons. The van der Waals surface area contributed by atoms with Crippen LogP contribution in [-0.4, -0.2) is 6.61 Å². The van der Waals surface area contributed by atoms with Crippen molar-refractivity contribution in [1.29, 1.82) is 0 Å². The number of hydrogen-bond acceptors (Lipinski definition) is 2. The molecule has 0 atom stereocenters. The second kappa shape index (κ2) is 4.21. The zero-order valence-corrected chi connectivity index (χ0v) is 9.22. The van der Waals surface area contributed by atoms with E-state index in [0.29, 0.717) is 6.61 Å². The van der Waals surface area contributed by atoms with Gasteiger partial charge in [0.25, 0.3) is 0 Å². The van der Waals surface area contributed by atoms with Crippen LogP contribution in [0.2, 0.25) is 0 Å². The molecule has 0 N–H and O–H groups in total. The van der Waals surface area contributed by atoms with E-state index in [2.05, 4.69) is 35.2 Å². The fourth-order valence-electron chi connectivity index (χ4n) is 0.768. The van der Waals surface area contributed by atoms with Crippen LogP contribution < -0.4 is 4.74 Å². The lowest BCUT2D eigenvalue weighted by Gasteiger charge is -2.06. The average Bonchev–Trinajstić information content (AvgIpc) is 1.99. The zero-order chi connectivity index (χ0) is 8.27. The lowest BCUT2D eigenvalue weighted by molar-refractivity contribution is 0.332. The second-order valence-electron chi connectivity index (χ2n) is 2.02. The van der Waals surface area contributed by atoms with Crippen LogP contribution in [0.25, 0.3) is 0 Å². The van der Waals surface area contributed by atoms with Crippen molar-refractivity contribution in [2.75, 3.05) is 6.61 Å². The molecular weight excluding hydrogens is 271 g/mol. The number of hydrogen-bond donors (Lipinski definition) is 1. The molecule has 0 saturated heterocycles. The Labute approximate surface area is 85.7 Å². The first-order chi connectivity index (χ1) is 5.25. The molecule has 60 valence electrons. The van der Waals surface area contributed by atoms with E-state index in [1.165, 1.54) is 0 Å². The van der Waals surface area contributed by atoms with E-state index < -0.39 is 0 Å². The molecule has 1 aromatic rings. The summed E-state index contributed by atoms with van der Waals surface area (Å²) in [7, 11) is 0. The van der Waals surface area contributed by atoms with Gasteiger partial charge in [-0.2, -0.15) is 0 Å². The summed E-state index contributed by atoms with van der Waals surface area (Å²) in [5, 5.41) is 0. The number of ether oxygens (including phenoxy) is 1. The van der Waals surface area contributed by atoms with Crippen LogP contribution in [-0.2, 0) is 0 Å². The van der Waals surface area contributed by atoms with Gasteiger partial charge < -0.3 is 4.74 Å². The summed E-state index contributed by atoms with van der Waals surface area (Å²) in [6.45, 7) is 2.65. The van der Waals surface area contributed by atoms with Gasteiger partial charge in [0.05, 0.1) is 11.5 Å². The van der Waals surface area contributed by atoms with E-state index in [1.807, 2.05) is 25.1 Å². The first kappa shape index (κ1) is 9.19. The van der Waals surface area contributed by atoms with Crippen LogP contribution >= 0.6 is 35.2 Å². The van der Waals surface area contributed by atoms with Gasteiger partial charge in [-0.3, -0.25) is 0 Å². The lowest BCUT2D eigenvalue weighted by Crippen LogP contribution is -1.92. The highest BCUT2D eigenvalue weighted by molar-refractivity contribution is 14.1. The molecule has 0 spiro atoms. The zero-order valence-electron chi connectivity index (χ0n) is 6.17. The highest BCUT2D eigenvalue weighted by Crippen LogP contribution is 2.26. The van der Waals surface area contributed by atoms with E-state index in [1.54, 1.807) is 0 Å². The molecule has 0 aliphatic carbocycles. The van der Waals surface area contributed by atoms with Crippen molar-refractivity contribution in [3.63, 3.8) is 0 Å². The fourth-order valence-corrected chi connectivity index (χ4v) is 1.45. The third-order valence-electron chi connectivity index (χ3n) is 1.25. The highest BCUT2D eigenvalue weighted by Gasteiger charge is 2.01. The van der Waals surface area contributed by atoms with Crippen LogP contribution in [0.5, 0.6) is 5.75 Å². The van der Waals surface area contributed by atoms with Crippen molar-refractivity contribution >= 4 is 35.2 Å². The summed E-state index contributed by atoms with van der Waals surface area (Å²) in [6, 6.07) is 5.89. The summed E-state index contributed by atoms with van der Waals surface area (Å²) in [5.74, 6) is 0.864. The minimum atomic E-state index is 0.688. The third-order valence-corrected chi connectivity index (χ3v) is 3.04. The molecule has 0 heterocycles. The Morgan fingerprint density at radius 2 is 2.27 bits per heavy atom. The molecule has 0 aliphatic rings. The number of benzene rings is 1. The van der Waals surface area contributed by atoms with Gasteiger partial charge in [0.1, 0.15) is 5.75 Å². The maximum absolute atomic E-state index is 5.34. The van der Waals surface area contributed by atoms with Crippen LogP contribution in [0.1, 0.15) is 6.92 Å². The molecule has 0 amide bonds. The van der Waals surface area contributed by atoms with E-state index in [-0.39, 0.29) is 0 Å². The summed E-state index contributed by atoms with van der Waals surface area (Å²) < 4.78 is 6.46. The minimum Gasteiger partial charge on any atom is -0.493 e. The molecule has 0 aromatic heterocycles. The van der Waals surface area contributed by atoms with Gasteiger partial charge in [-0.1, -0.05) is 6.07 Å². The minimum absolute atomic E-state index is 0.688. The quantitative estimate of drug-likeness (QED) is 0.647. The Kier molecular flexibility index (Phi) is 3.51. The topological polar surface area (TPSA) is 9.23 Å². The van der Waals surface area contributed by atoms with Crippen molar-refractivity contribution < 1.29 is 4.74 Å². The number of halogens is 1. The largest absolute Gasteiger partial charge is 0.493 e. The Hall–Kier alpha value is 0.1000. The average molecular weight is 280 g/mol. The number of thiol groups is 1. The van der Waals surface area contributed by atoms with E-state index in [9.17, 15) is 0 Å². The molecule has 0 saturated carbocycles. The monoisotopic (exact) mass is 280 g/mol. The molecule has 11 heavy (non-hydrogen) atoms. The van der Waals surface area contributed by atoms with Crippen LogP contribution in [0, 0.1) is 3.57 Å². The normalized spacial score (nSPS) is 9.73. The summed E-state index contributed by atoms with van der Waals surface area (Å²) >= 11 is 6.55. The Balaban J connectivity index is 2.96. The van der Waals surface area contributed by atoms with Crippen molar-refractivity contribution in [1.82, 2.24) is 0 Å².